The summed E-state index contributed by atoms with van der Waals surface area (Å²) < 4.78 is 0. The molecule has 3 N–H and O–H groups in total. The minimum Gasteiger partial charge on any atom is -0.383 e. The van der Waals surface area contributed by atoms with Gasteiger partial charge in [0.1, 0.15) is 0 Å². The number of benzene rings is 2. The van der Waals surface area contributed by atoms with Gasteiger partial charge in [-0.1, -0.05) is 18.2 Å². The molecule has 1 aliphatic heterocycles. The quantitative estimate of drug-likeness (QED) is 0.725. The van der Waals surface area contributed by atoms with E-state index >= 15 is 0 Å². The van der Waals surface area contributed by atoms with Gasteiger partial charge in [0.25, 0.3) is 0 Å². The molecule has 17 heavy (non-hydrogen) atoms. The van der Waals surface area contributed by atoms with Crippen molar-refractivity contribution in [2.24, 2.45) is 5.73 Å². The molecule has 88 valence electrons. The van der Waals surface area contributed by atoms with Crippen molar-refractivity contribution in [3.05, 3.63) is 41.0 Å². The van der Waals surface area contributed by atoms with Crippen LogP contribution in [0.4, 0.5) is 5.69 Å². The molecular formula is C15H18N2. The van der Waals surface area contributed by atoms with Gasteiger partial charge in [-0.15, -0.1) is 0 Å². The third-order valence-corrected chi connectivity index (χ3v) is 3.77. The van der Waals surface area contributed by atoms with Crippen LogP contribution in [-0.4, -0.2) is 12.6 Å². The molecule has 1 atom stereocenters. The normalized spacial score (nSPS) is 18.9. The van der Waals surface area contributed by atoms with E-state index in [2.05, 4.69) is 43.4 Å². The van der Waals surface area contributed by atoms with Gasteiger partial charge >= 0.3 is 0 Å². The third kappa shape index (κ3) is 1.69. The summed E-state index contributed by atoms with van der Waals surface area (Å²) in [5, 5.41) is 6.09. The molecule has 0 amide bonds. The van der Waals surface area contributed by atoms with Crippen LogP contribution in [-0.2, 0) is 6.42 Å². The van der Waals surface area contributed by atoms with Crippen molar-refractivity contribution in [2.45, 2.75) is 26.3 Å². The third-order valence-electron chi connectivity index (χ3n) is 3.77. The Hall–Kier alpha value is -1.54. The van der Waals surface area contributed by atoms with Gasteiger partial charge < -0.3 is 11.1 Å². The van der Waals surface area contributed by atoms with Crippen LogP contribution in [0.15, 0.2) is 24.3 Å². The van der Waals surface area contributed by atoms with Crippen molar-refractivity contribution in [1.29, 1.82) is 0 Å². The van der Waals surface area contributed by atoms with Gasteiger partial charge in [0.05, 0.1) is 0 Å². The lowest BCUT2D eigenvalue weighted by Crippen LogP contribution is -2.35. The van der Waals surface area contributed by atoms with Crippen molar-refractivity contribution in [1.82, 2.24) is 0 Å². The lowest BCUT2D eigenvalue weighted by Gasteiger charge is -2.25. The second-order valence-corrected chi connectivity index (χ2v) is 5.09. The number of aryl methyl sites for hydroxylation is 2. The summed E-state index contributed by atoms with van der Waals surface area (Å²) in [6, 6.07) is 9.17. The molecule has 0 fully saturated rings. The van der Waals surface area contributed by atoms with Crippen LogP contribution < -0.4 is 11.1 Å². The summed E-state index contributed by atoms with van der Waals surface area (Å²) in [7, 11) is 0. The van der Waals surface area contributed by atoms with Gasteiger partial charge in [0.15, 0.2) is 0 Å². The first kappa shape index (κ1) is 10.6. The van der Waals surface area contributed by atoms with E-state index in [1.165, 1.54) is 33.2 Å². The average molecular weight is 226 g/mol. The molecule has 2 nitrogen and oxygen atoms in total. The summed E-state index contributed by atoms with van der Waals surface area (Å²) in [5.41, 5.74) is 11.4. The highest BCUT2D eigenvalue weighted by Gasteiger charge is 2.17. The minimum absolute atomic E-state index is 0.231. The number of anilines is 1. The lowest BCUT2D eigenvalue weighted by atomic mass is 9.92. The molecular weight excluding hydrogens is 208 g/mol. The molecule has 0 spiro atoms. The molecule has 1 unspecified atom stereocenters. The number of nitrogens with two attached hydrogens (primary N) is 1. The topological polar surface area (TPSA) is 38.0 Å². The highest BCUT2D eigenvalue weighted by Crippen LogP contribution is 2.31. The molecule has 3 rings (SSSR count). The zero-order valence-corrected chi connectivity index (χ0v) is 10.4. The smallest absolute Gasteiger partial charge is 0.0380 e. The van der Waals surface area contributed by atoms with Crippen molar-refractivity contribution in [3.8, 4) is 0 Å². The van der Waals surface area contributed by atoms with Crippen molar-refractivity contribution >= 4 is 16.5 Å². The first-order valence-corrected chi connectivity index (χ1v) is 6.17. The van der Waals surface area contributed by atoms with Crippen LogP contribution in [0, 0.1) is 13.8 Å². The zero-order chi connectivity index (χ0) is 12.0. The second-order valence-electron chi connectivity index (χ2n) is 5.09. The van der Waals surface area contributed by atoms with E-state index in [1.807, 2.05) is 0 Å². The van der Waals surface area contributed by atoms with Crippen LogP contribution in [0.1, 0.15) is 16.7 Å². The molecule has 0 aromatic heterocycles. The first-order chi connectivity index (χ1) is 8.15. The molecule has 0 radical (unpaired) electrons. The average Bonchev–Trinajstić information content (AvgIpc) is 2.31. The number of rotatable bonds is 0. The van der Waals surface area contributed by atoms with E-state index in [0.29, 0.717) is 0 Å². The van der Waals surface area contributed by atoms with Gasteiger partial charge in [-0.3, -0.25) is 0 Å². The van der Waals surface area contributed by atoms with Crippen LogP contribution in [0.2, 0.25) is 0 Å². The van der Waals surface area contributed by atoms with E-state index in [0.717, 1.165) is 13.0 Å². The number of hydrogen-bond donors (Lipinski definition) is 2. The fraction of sp³-hybridized carbons (Fsp3) is 0.333. The molecule has 1 aliphatic rings. The molecule has 0 bridgehead atoms. The van der Waals surface area contributed by atoms with E-state index in [-0.39, 0.29) is 6.04 Å². The van der Waals surface area contributed by atoms with E-state index in [9.17, 15) is 0 Å². The summed E-state index contributed by atoms with van der Waals surface area (Å²) in [6.07, 6.45) is 0.974. The Labute approximate surface area is 102 Å². The van der Waals surface area contributed by atoms with Crippen LogP contribution in [0.3, 0.4) is 0 Å². The Morgan fingerprint density at radius 2 is 1.94 bits per heavy atom. The summed E-state index contributed by atoms with van der Waals surface area (Å²) in [4.78, 5) is 0. The van der Waals surface area contributed by atoms with Crippen molar-refractivity contribution in [3.63, 3.8) is 0 Å². The Bertz CT molecular complexity index is 587. The predicted octanol–water partition coefficient (Wildman–Crippen LogP) is 2.75. The summed E-state index contributed by atoms with van der Waals surface area (Å²) >= 11 is 0. The maximum absolute atomic E-state index is 6.05. The lowest BCUT2D eigenvalue weighted by molar-refractivity contribution is 0.683. The van der Waals surface area contributed by atoms with Crippen LogP contribution in [0.5, 0.6) is 0 Å². The number of fused-ring (bicyclic) bond motifs is 3. The second kappa shape index (κ2) is 3.74. The molecule has 0 saturated carbocycles. The summed E-state index contributed by atoms with van der Waals surface area (Å²) in [5.74, 6) is 0. The largest absolute Gasteiger partial charge is 0.383 e. The van der Waals surface area contributed by atoms with E-state index in [4.69, 9.17) is 5.73 Å². The molecule has 2 aromatic rings. The first-order valence-electron chi connectivity index (χ1n) is 6.17. The van der Waals surface area contributed by atoms with E-state index in [1.54, 1.807) is 0 Å². The monoisotopic (exact) mass is 226 g/mol. The molecule has 0 saturated heterocycles. The standard InChI is InChI=1S/C15H18N2/c1-9-5-11-3-4-15-14(7-12(16)8-17-15)13(11)6-10(9)2/h3-6,12,17H,7-8,16H2,1-2H3. The number of nitrogens with one attached hydrogen (secondary N) is 1. The Morgan fingerprint density at radius 1 is 1.18 bits per heavy atom. The van der Waals surface area contributed by atoms with Gasteiger partial charge in [-0.2, -0.15) is 0 Å². The van der Waals surface area contributed by atoms with Gasteiger partial charge in [0.2, 0.25) is 0 Å². The Balaban J connectivity index is 2.29. The fourth-order valence-corrected chi connectivity index (χ4v) is 2.62. The maximum atomic E-state index is 6.05. The van der Waals surface area contributed by atoms with Gasteiger partial charge in [-0.25, -0.2) is 0 Å². The fourth-order valence-electron chi connectivity index (χ4n) is 2.62. The SMILES string of the molecule is Cc1cc2ccc3c(c2cc1C)CC(N)CN3. The van der Waals surface area contributed by atoms with Gasteiger partial charge in [0, 0.05) is 18.3 Å². The molecule has 2 heteroatoms. The highest BCUT2D eigenvalue weighted by atomic mass is 14.9. The Kier molecular flexibility index (Phi) is 2.33. The minimum atomic E-state index is 0.231. The van der Waals surface area contributed by atoms with Crippen LogP contribution in [0.25, 0.3) is 10.8 Å². The van der Waals surface area contributed by atoms with Crippen molar-refractivity contribution in [2.75, 3.05) is 11.9 Å². The Morgan fingerprint density at radius 3 is 2.76 bits per heavy atom. The van der Waals surface area contributed by atoms with E-state index < -0.39 is 0 Å². The van der Waals surface area contributed by atoms with Crippen LogP contribution >= 0.6 is 0 Å². The zero-order valence-electron chi connectivity index (χ0n) is 10.4. The maximum Gasteiger partial charge on any atom is 0.0380 e. The van der Waals surface area contributed by atoms with Crippen molar-refractivity contribution < 1.29 is 0 Å². The number of hydrogen-bond acceptors (Lipinski definition) is 2. The predicted molar refractivity (Wildman–Crippen MR) is 73.6 cm³/mol. The molecule has 1 heterocycles. The molecule has 0 aliphatic carbocycles. The summed E-state index contributed by atoms with van der Waals surface area (Å²) in [6.45, 7) is 5.21. The highest BCUT2D eigenvalue weighted by molar-refractivity contribution is 5.91. The molecule has 2 aromatic carbocycles. The van der Waals surface area contributed by atoms with Gasteiger partial charge in [-0.05, 0) is 53.8 Å².